The van der Waals surface area contributed by atoms with Crippen LogP contribution in [0.5, 0.6) is 5.75 Å². The lowest BCUT2D eigenvalue weighted by Crippen LogP contribution is -2.21. The van der Waals surface area contributed by atoms with E-state index in [1.807, 2.05) is 31.2 Å². The van der Waals surface area contributed by atoms with Gasteiger partial charge in [0.15, 0.2) is 0 Å². The van der Waals surface area contributed by atoms with Crippen LogP contribution in [0.2, 0.25) is 0 Å². The zero-order valence-electron chi connectivity index (χ0n) is 14.7. The smallest absolute Gasteiger partial charge is 0.248 e. The van der Waals surface area contributed by atoms with Crippen molar-refractivity contribution in [3.05, 3.63) is 42.5 Å². The van der Waals surface area contributed by atoms with Gasteiger partial charge in [0.05, 0.1) is 18.4 Å². The Morgan fingerprint density at radius 3 is 2.77 bits per heavy atom. The van der Waals surface area contributed by atoms with Crippen LogP contribution in [0.3, 0.4) is 0 Å². The molecule has 0 aliphatic heterocycles. The highest BCUT2D eigenvalue weighted by molar-refractivity contribution is 7.89. The minimum absolute atomic E-state index is 0.101. The van der Waals surface area contributed by atoms with Gasteiger partial charge in [-0.3, -0.25) is 4.68 Å². The quantitative estimate of drug-likeness (QED) is 0.616. The highest BCUT2D eigenvalue weighted by Gasteiger charge is 2.20. The van der Waals surface area contributed by atoms with E-state index in [0.29, 0.717) is 24.1 Å². The second-order valence-corrected chi connectivity index (χ2v) is 7.75. The Hall–Kier alpha value is -2.72. The molecular weight excluding hydrogens is 358 g/mol. The van der Waals surface area contributed by atoms with Crippen molar-refractivity contribution in [3.63, 3.8) is 0 Å². The number of para-hydroxylation sites is 1. The van der Waals surface area contributed by atoms with Gasteiger partial charge in [-0.15, -0.1) is 0 Å². The van der Waals surface area contributed by atoms with Crippen molar-refractivity contribution in [1.29, 1.82) is 0 Å². The van der Waals surface area contributed by atoms with Crippen molar-refractivity contribution >= 4 is 10.0 Å². The summed E-state index contributed by atoms with van der Waals surface area (Å²) < 4.78 is 37.6. The minimum atomic E-state index is -3.53. The van der Waals surface area contributed by atoms with Crippen molar-refractivity contribution in [2.24, 2.45) is 0 Å². The lowest BCUT2D eigenvalue weighted by molar-refractivity contribution is 0.340. The average molecular weight is 377 g/mol. The Labute approximate surface area is 151 Å². The normalized spacial score (nSPS) is 11.8. The number of nitrogens with zero attached hydrogens (tertiary/aromatic N) is 5. The molecule has 1 aromatic carbocycles. The van der Waals surface area contributed by atoms with Gasteiger partial charge in [-0.1, -0.05) is 17.3 Å². The second-order valence-electron chi connectivity index (χ2n) is 5.60. The van der Waals surface area contributed by atoms with Crippen LogP contribution in [-0.2, 0) is 16.6 Å². The number of aromatic nitrogens is 4. The first-order valence-electron chi connectivity index (χ1n) is 7.91. The molecule has 26 heavy (non-hydrogen) atoms. The molecule has 9 nitrogen and oxygen atoms in total. The third-order valence-electron chi connectivity index (χ3n) is 3.58. The number of sulfonamides is 1. The van der Waals surface area contributed by atoms with Crippen LogP contribution in [0.4, 0.5) is 0 Å². The first-order valence-corrected chi connectivity index (χ1v) is 9.35. The molecular formula is C16H19N5O4S. The summed E-state index contributed by atoms with van der Waals surface area (Å²) in [4.78, 5) is 4.45. The van der Waals surface area contributed by atoms with Gasteiger partial charge in [0.1, 0.15) is 17.2 Å². The largest absolute Gasteiger partial charge is 0.493 e. The highest BCUT2D eigenvalue weighted by Crippen LogP contribution is 2.27. The standard InChI is InChI=1S/C16H19N5O4S/c1-4-24-14-8-6-5-7-13(14)16-18-15(25-19-16)11-21-10-12(9-17-21)26(22,23)20(2)3/h5-10H,4,11H2,1-3H3. The Bertz CT molecular complexity index is 994. The summed E-state index contributed by atoms with van der Waals surface area (Å²) in [5, 5.41) is 8.02. The molecule has 0 aliphatic rings. The van der Waals surface area contributed by atoms with E-state index in [1.165, 1.54) is 31.2 Å². The van der Waals surface area contributed by atoms with Crippen molar-refractivity contribution in [2.75, 3.05) is 20.7 Å². The lowest BCUT2D eigenvalue weighted by Gasteiger charge is -2.08. The third kappa shape index (κ3) is 3.60. The van der Waals surface area contributed by atoms with Gasteiger partial charge in [-0.2, -0.15) is 10.1 Å². The number of benzene rings is 1. The zero-order valence-corrected chi connectivity index (χ0v) is 15.5. The summed E-state index contributed by atoms with van der Waals surface area (Å²) in [5.41, 5.74) is 0.723. The van der Waals surface area contributed by atoms with Crippen LogP contribution in [-0.4, -0.2) is 53.3 Å². The maximum atomic E-state index is 12.1. The van der Waals surface area contributed by atoms with E-state index in [4.69, 9.17) is 9.26 Å². The summed E-state index contributed by atoms with van der Waals surface area (Å²) in [6.07, 6.45) is 2.71. The molecule has 2 heterocycles. The SMILES string of the molecule is CCOc1ccccc1-c1noc(Cn2cc(S(=O)(=O)N(C)C)cn2)n1. The van der Waals surface area contributed by atoms with Gasteiger partial charge >= 0.3 is 0 Å². The molecule has 0 saturated heterocycles. The van der Waals surface area contributed by atoms with Gasteiger partial charge < -0.3 is 9.26 Å². The van der Waals surface area contributed by atoms with E-state index in [-0.39, 0.29) is 11.4 Å². The molecule has 10 heteroatoms. The fourth-order valence-electron chi connectivity index (χ4n) is 2.27. The molecule has 0 spiro atoms. The van der Waals surface area contributed by atoms with Crippen molar-refractivity contribution in [2.45, 2.75) is 18.4 Å². The molecule has 0 fully saturated rings. The van der Waals surface area contributed by atoms with Gasteiger partial charge in [0.2, 0.25) is 21.7 Å². The maximum Gasteiger partial charge on any atom is 0.248 e. The number of rotatable bonds is 7. The molecule has 3 rings (SSSR count). The van der Waals surface area contributed by atoms with Crippen LogP contribution in [0, 0.1) is 0 Å². The van der Waals surface area contributed by atoms with Gasteiger partial charge in [-0.25, -0.2) is 12.7 Å². The Morgan fingerprint density at radius 2 is 2.04 bits per heavy atom. The zero-order chi connectivity index (χ0) is 18.7. The van der Waals surface area contributed by atoms with Gasteiger partial charge in [0.25, 0.3) is 0 Å². The van der Waals surface area contributed by atoms with Crippen LogP contribution in [0.1, 0.15) is 12.8 Å². The number of hydrogen-bond acceptors (Lipinski definition) is 7. The Kier molecular flexibility index (Phi) is 5.05. The van der Waals surface area contributed by atoms with E-state index in [0.717, 1.165) is 9.87 Å². The molecule has 2 aromatic heterocycles. The van der Waals surface area contributed by atoms with E-state index in [1.54, 1.807) is 0 Å². The molecule has 0 saturated carbocycles. The lowest BCUT2D eigenvalue weighted by atomic mass is 10.2. The van der Waals surface area contributed by atoms with Crippen LogP contribution < -0.4 is 4.74 Å². The second kappa shape index (κ2) is 7.26. The topological polar surface area (TPSA) is 103 Å². The summed E-state index contributed by atoms with van der Waals surface area (Å²) in [5.74, 6) is 1.38. The van der Waals surface area contributed by atoms with Gasteiger partial charge in [0, 0.05) is 20.3 Å². The maximum absolute atomic E-state index is 12.1. The molecule has 0 bridgehead atoms. The molecule has 0 unspecified atom stereocenters. The highest BCUT2D eigenvalue weighted by atomic mass is 32.2. The predicted octanol–water partition coefficient (Wildman–Crippen LogP) is 1.63. The molecule has 3 aromatic rings. The van der Waals surface area contributed by atoms with Crippen molar-refractivity contribution in [3.8, 4) is 17.1 Å². The minimum Gasteiger partial charge on any atom is -0.493 e. The van der Waals surface area contributed by atoms with Crippen LogP contribution in [0.15, 0.2) is 46.1 Å². The summed E-state index contributed by atoms with van der Waals surface area (Å²) >= 11 is 0. The molecule has 138 valence electrons. The summed E-state index contributed by atoms with van der Waals surface area (Å²) in [6.45, 7) is 2.58. The molecule has 0 atom stereocenters. The van der Waals surface area contributed by atoms with Crippen molar-refractivity contribution in [1.82, 2.24) is 24.2 Å². The van der Waals surface area contributed by atoms with E-state index < -0.39 is 10.0 Å². The van der Waals surface area contributed by atoms with Crippen LogP contribution >= 0.6 is 0 Å². The molecule has 0 N–H and O–H groups in total. The fourth-order valence-corrected chi connectivity index (χ4v) is 3.13. The summed E-state index contributed by atoms with van der Waals surface area (Å²) in [6, 6.07) is 7.40. The van der Waals surface area contributed by atoms with E-state index in [9.17, 15) is 8.42 Å². The van der Waals surface area contributed by atoms with Gasteiger partial charge in [-0.05, 0) is 19.1 Å². The Balaban J connectivity index is 1.81. The fraction of sp³-hybridized carbons (Fsp3) is 0.312. The Morgan fingerprint density at radius 1 is 1.27 bits per heavy atom. The third-order valence-corrected chi connectivity index (χ3v) is 5.35. The van der Waals surface area contributed by atoms with Crippen LogP contribution in [0.25, 0.3) is 11.4 Å². The van der Waals surface area contributed by atoms with Crippen molar-refractivity contribution < 1.29 is 17.7 Å². The summed E-state index contributed by atoms with van der Waals surface area (Å²) in [7, 11) is -0.601. The number of hydrogen-bond donors (Lipinski definition) is 0. The van der Waals surface area contributed by atoms with E-state index in [2.05, 4.69) is 15.2 Å². The molecule has 0 amide bonds. The molecule has 0 aliphatic carbocycles. The monoisotopic (exact) mass is 377 g/mol. The molecule has 0 radical (unpaired) electrons. The predicted molar refractivity (Wildman–Crippen MR) is 93.1 cm³/mol. The number of ether oxygens (including phenoxy) is 1. The average Bonchev–Trinajstić information content (AvgIpc) is 3.26. The first kappa shape index (κ1) is 18.1. The first-order chi connectivity index (χ1) is 12.4. The van der Waals surface area contributed by atoms with E-state index >= 15 is 0 Å².